The van der Waals surface area contributed by atoms with E-state index in [9.17, 15) is 19.5 Å². The van der Waals surface area contributed by atoms with E-state index in [0.717, 1.165) is 22.3 Å². The molecule has 1 atom stereocenters. The molecule has 0 saturated heterocycles. The first kappa shape index (κ1) is 23.0. The van der Waals surface area contributed by atoms with Gasteiger partial charge in [0.2, 0.25) is 5.91 Å². The standard InChI is InChI=1S/C25H26N4O5/c1-15(2)29-13-16(12-26-29)27-24(32)22(11-23(30)31)28-25(33)34-14-21-19-9-5-3-7-17(19)18-8-4-6-10-20(18)21/h3-10,12-13,15,21-22H,11,14H2,1-2H3,(H,27,32)(H,28,33)(H,30,31). The number of carbonyl (C=O) groups is 3. The Balaban J connectivity index is 1.41. The topological polar surface area (TPSA) is 123 Å². The van der Waals surface area contributed by atoms with Gasteiger partial charge in [-0.05, 0) is 36.1 Å². The third-order valence-corrected chi connectivity index (χ3v) is 5.73. The van der Waals surface area contributed by atoms with Crippen LogP contribution in [-0.4, -0.2) is 45.5 Å². The second-order valence-corrected chi connectivity index (χ2v) is 8.41. The van der Waals surface area contributed by atoms with Crippen molar-refractivity contribution in [1.82, 2.24) is 15.1 Å². The molecule has 1 aromatic heterocycles. The van der Waals surface area contributed by atoms with Crippen molar-refractivity contribution in [3.8, 4) is 11.1 Å². The van der Waals surface area contributed by atoms with Crippen molar-refractivity contribution < 1.29 is 24.2 Å². The molecule has 1 aliphatic rings. The number of amides is 2. The highest BCUT2D eigenvalue weighted by atomic mass is 16.5. The molecular formula is C25H26N4O5. The van der Waals surface area contributed by atoms with E-state index in [0.29, 0.717) is 5.69 Å². The molecule has 0 fully saturated rings. The van der Waals surface area contributed by atoms with Gasteiger partial charge in [-0.15, -0.1) is 0 Å². The number of carbonyl (C=O) groups excluding carboxylic acids is 2. The molecule has 3 N–H and O–H groups in total. The van der Waals surface area contributed by atoms with Crippen LogP contribution in [0.2, 0.25) is 0 Å². The van der Waals surface area contributed by atoms with Crippen LogP contribution < -0.4 is 10.6 Å². The zero-order valence-corrected chi connectivity index (χ0v) is 18.9. The van der Waals surface area contributed by atoms with Crippen molar-refractivity contribution in [1.29, 1.82) is 0 Å². The van der Waals surface area contributed by atoms with Crippen molar-refractivity contribution >= 4 is 23.7 Å². The average molecular weight is 463 g/mol. The van der Waals surface area contributed by atoms with Crippen molar-refractivity contribution in [2.75, 3.05) is 11.9 Å². The number of carboxylic acids is 1. The lowest BCUT2D eigenvalue weighted by molar-refractivity contribution is -0.139. The van der Waals surface area contributed by atoms with Gasteiger partial charge in [-0.1, -0.05) is 48.5 Å². The van der Waals surface area contributed by atoms with Crippen LogP contribution in [0.15, 0.2) is 60.9 Å². The minimum atomic E-state index is -1.31. The lowest BCUT2D eigenvalue weighted by Gasteiger charge is -2.18. The summed E-state index contributed by atoms with van der Waals surface area (Å²) in [5.74, 6) is -2.04. The maximum absolute atomic E-state index is 12.7. The molecule has 1 aliphatic carbocycles. The smallest absolute Gasteiger partial charge is 0.407 e. The van der Waals surface area contributed by atoms with Gasteiger partial charge in [0.25, 0.3) is 0 Å². The molecule has 1 unspecified atom stereocenters. The van der Waals surface area contributed by atoms with E-state index in [1.807, 2.05) is 62.4 Å². The van der Waals surface area contributed by atoms with E-state index in [1.165, 1.54) is 6.20 Å². The summed E-state index contributed by atoms with van der Waals surface area (Å²) in [6.45, 7) is 3.93. The summed E-state index contributed by atoms with van der Waals surface area (Å²) in [7, 11) is 0. The van der Waals surface area contributed by atoms with E-state index in [1.54, 1.807) is 10.9 Å². The molecule has 176 valence electrons. The highest BCUT2D eigenvalue weighted by Gasteiger charge is 2.30. The fraction of sp³-hybridized carbons (Fsp3) is 0.280. The number of anilines is 1. The maximum atomic E-state index is 12.7. The van der Waals surface area contributed by atoms with E-state index in [2.05, 4.69) is 15.7 Å². The summed E-state index contributed by atoms with van der Waals surface area (Å²) in [4.78, 5) is 36.5. The third-order valence-electron chi connectivity index (χ3n) is 5.73. The van der Waals surface area contributed by atoms with Gasteiger partial charge in [0.05, 0.1) is 18.3 Å². The van der Waals surface area contributed by atoms with Crippen LogP contribution in [0.4, 0.5) is 10.5 Å². The van der Waals surface area contributed by atoms with E-state index in [4.69, 9.17) is 4.74 Å². The molecule has 2 amide bonds. The van der Waals surface area contributed by atoms with Crippen molar-refractivity contribution in [2.45, 2.75) is 38.3 Å². The number of hydrogen-bond donors (Lipinski definition) is 3. The number of alkyl carbamates (subject to hydrolysis) is 1. The SMILES string of the molecule is CC(C)n1cc(NC(=O)C(CC(=O)O)NC(=O)OCC2c3ccccc3-c3ccccc32)cn1. The summed E-state index contributed by atoms with van der Waals surface area (Å²) in [6, 6.07) is 14.6. The van der Waals surface area contributed by atoms with Gasteiger partial charge in [-0.2, -0.15) is 5.10 Å². The molecular weight excluding hydrogens is 436 g/mol. The van der Waals surface area contributed by atoms with Gasteiger partial charge >= 0.3 is 12.1 Å². The molecule has 0 spiro atoms. The predicted octanol–water partition coefficient (Wildman–Crippen LogP) is 3.78. The van der Waals surface area contributed by atoms with E-state index < -0.39 is 30.4 Å². The molecule has 0 radical (unpaired) electrons. The quantitative estimate of drug-likeness (QED) is 0.468. The summed E-state index contributed by atoms with van der Waals surface area (Å²) in [6.07, 6.45) is 1.64. The molecule has 0 saturated carbocycles. The van der Waals surface area contributed by atoms with Crippen molar-refractivity contribution in [3.05, 3.63) is 72.1 Å². The summed E-state index contributed by atoms with van der Waals surface area (Å²) >= 11 is 0. The minimum absolute atomic E-state index is 0.0580. The Bertz CT molecular complexity index is 1170. The molecule has 3 aromatic rings. The van der Waals surface area contributed by atoms with Gasteiger partial charge in [0.15, 0.2) is 0 Å². The monoisotopic (exact) mass is 462 g/mol. The second-order valence-electron chi connectivity index (χ2n) is 8.41. The Morgan fingerprint density at radius 2 is 1.68 bits per heavy atom. The normalized spacial score (nSPS) is 13.1. The average Bonchev–Trinajstić information content (AvgIpc) is 3.40. The van der Waals surface area contributed by atoms with Crippen LogP contribution in [0.25, 0.3) is 11.1 Å². The van der Waals surface area contributed by atoms with Crippen molar-refractivity contribution in [3.63, 3.8) is 0 Å². The van der Waals surface area contributed by atoms with Crippen molar-refractivity contribution in [2.24, 2.45) is 0 Å². The van der Waals surface area contributed by atoms with Gasteiger partial charge in [0.1, 0.15) is 12.6 Å². The summed E-state index contributed by atoms with van der Waals surface area (Å²) < 4.78 is 7.10. The minimum Gasteiger partial charge on any atom is -0.481 e. The van der Waals surface area contributed by atoms with Crippen LogP contribution in [0, 0.1) is 0 Å². The summed E-state index contributed by atoms with van der Waals surface area (Å²) in [5.41, 5.74) is 4.70. The number of aliphatic carboxylic acids is 1. The molecule has 2 aromatic carbocycles. The first-order valence-electron chi connectivity index (χ1n) is 11.0. The predicted molar refractivity (Wildman–Crippen MR) is 125 cm³/mol. The highest BCUT2D eigenvalue weighted by molar-refractivity contribution is 5.98. The van der Waals surface area contributed by atoms with Crippen LogP contribution in [0.5, 0.6) is 0 Å². The third kappa shape index (κ3) is 4.93. The second kappa shape index (κ2) is 9.78. The van der Waals surface area contributed by atoms with Gasteiger partial charge < -0.3 is 20.5 Å². The number of carboxylic acid groups (broad SMARTS) is 1. The fourth-order valence-electron chi connectivity index (χ4n) is 4.08. The number of aromatic nitrogens is 2. The number of benzene rings is 2. The van der Waals surface area contributed by atoms with Crippen LogP contribution in [0.1, 0.15) is 43.4 Å². The Morgan fingerprint density at radius 1 is 1.06 bits per heavy atom. The Kier molecular flexibility index (Phi) is 6.62. The fourth-order valence-corrected chi connectivity index (χ4v) is 4.08. The Hall–Kier alpha value is -4.14. The molecule has 1 heterocycles. The number of fused-ring (bicyclic) bond motifs is 3. The van der Waals surface area contributed by atoms with E-state index >= 15 is 0 Å². The first-order chi connectivity index (χ1) is 16.3. The number of ether oxygens (including phenoxy) is 1. The molecule has 34 heavy (non-hydrogen) atoms. The molecule has 4 rings (SSSR count). The lowest BCUT2D eigenvalue weighted by Crippen LogP contribution is -2.45. The van der Waals surface area contributed by atoms with Crippen LogP contribution in [0.3, 0.4) is 0 Å². The zero-order valence-electron chi connectivity index (χ0n) is 18.9. The molecule has 9 heteroatoms. The number of rotatable bonds is 8. The van der Waals surface area contributed by atoms with Gasteiger partial charge in [0, 0.05) is 18.2 Å². The number of nitrogens with one attached hydrogen (secondary N) is 2. The maximum Gasteiger partial charge on any atom is 0.407 e. The van der Waals surface area contributed by atoms with Crippen LogP contribution in [-0.2, 0) is 14.3 Å². The zero-order chi connectivity index (χ0) is 24.2. The summed E-state index contributed by atoms with van der Waals surface area (Å²) in [5, 5.41) is 18.3. The van der Waals surface area contributed by atoms with Gasteiger partial charge in [-0.3, -0.25) is 14.3 Å². The highest BCUT2D eigenvalue weighted by Crippen LogP contribution is 2.44. The van der Waals surface area contributed by atoms with Gasteiger partial charge in [-0.25, -0.2) is 4.79 Å². The largest absolute Gasteiger partial charge is 0.481 e. The van der Waals surface area contributed by atoms with E-state index in [-0.39, 0.29) is 18.6 Å². The lowest BCUT2D eigenvalue weighted by atomic mass is 9.98. The molecule has 0 aliphatic heterocycles. The Morgan fingerprint density at radius 3 is 2.24 bits per heavy atom. The molecule has 9 nitrogen and oxygen atoms in total. The number of nitrogens with zero attached hydrogens (tertiary/aromatic N) is 2. The Labute approximate surface area is 196 Å². The number of hydrogen-bond acceptors (Lipinski definition) is 5. The molecule has 0 bridgehead atoms. The first-order valence-corrected chi connectivity index (χ1v) is 11.0. The van der Waals surface area contributed by atoms with Crippen LogP contribution >= 0.6 is 0 Å².